The van der Waals surface area contributed by atoms with Crippen molar-refractivity contribution in [1.82, 2.24) is 24.8 Å². The predicted octanol–water partition coefficient (Wildman–Crippen LogP) is 1.41. The summed E-state index contributed by atoms with van der Waals surface area (Å²) in [5.41, 5.74) is 0.609. The van der Waals surface area contributed by atoms with Gasteiger partial charge in [-0.25, -0.2) is 9.97 Å². The van der Waals surface area contributed by atoms with E-state index in [9.17, 15) is 14.4 Å². The third kappa shape index (κ3) is 3.31. The van der Waals surface area contributed by atoms with Gasteiger partial charge in [0.15, 0.2) is 0 Å². The van der Waals surface area contributed by atoms with Crippen molar-refractivity contribution in [2.75, 3.05) is 30.8 Å². The Balaban J connectivity index is 1.33. The van der Waals surface area contributed by atoms with Crippen molar-refractivity contribution in [3.8, 4) is 0 Å². The Labute approximate surface area is 190 Å². The van der Waals surface area contributed by atoms with Gasteiger partial charge in [0.25, 0.3) is 11.5 Å². The van der Waals surface area contributed by atoms with Gasteiger partial charge in [0, 0.05) is 25.1 Å². The van der Waals surface area contributed by atoms with E-state index < -0.39 is 5.66 Å². The fraction of sp³-hybridized carbons (Fsp3) is 0.522. The number of pyridine rings is 1. The molecule has 172 valence electrons. The van der Waals surface area contributed by atoms with Crippen LogP contribution in [0.1, 0.15) is 41.7 Å². The van der Waals surface area contributed by atoms with Crippen LogP contribution in [0, 0.1) is 24.7 Å². The molecular formula is C23H27N7O3. The molecular weight excluding hydrogens is 422 g/mol. The molecule has 2 amide bonds. The molecule has 4 heterocycles. The number of hydrogen-bond donors (Lipinski definition) is 3. The molecule has 2 aromatic heterocycles. The van der Waals surface area contributed by atoms with Gasteiger partial charge in [-0.05, 0) is 63.1 Å². The lowest BCUT2D eigenvalue weighted by Crippen LogP contribution is -2.46. The minimum atomic E-state index is -0.669. The van der Waals surface area contributed by atoms with Crippen LogP contribution in [-0.4, -0.2) is 51.4 Å². The normalized spacial score (nSPS) is 28.0. The first kappa shape index (κ1) is 20.3. The number of aryl methyl sites for hydroxylation is 1. The number of anilines is 3. The summed E-state index contributed by atoms with van der Waals surface area (Å²) in [5, 5.41) is 9.06. The topological polar surface area (TPSA) is 121 Å². The third-order valence-electron chi connectivity index (χ3n) is 7.47. The second-order valence-electron chi connectivity index (χ2n) is 10.0. The minimum absolute atomic E-state index is 0.0444. The maximum absolute atomic E-state index is 13.7. The number of hydrogen-bond acceptors (Lipinski definition) is 7. The summed E-state index contributed by atoms with van der Waals surface area (Å²) in [7, 11) is 2.12. The first-order chi connectivity index (χ1) is 15.8. The maximum atomic E-state index is 13.7. The molecule has 33 heavy (non-hydrogen) atoms. The molecule has 6 rings (SSSR count). The molecule has 3 fully saturated rings. The summed E-state index contributed by atoms with van der Waals surface area (Å²) in [6.45, 7) is 3.82. The highest BCUT2D eigenvalue weighted by Gasteiger charge is 2.55. The Morgan fingerprint density at radius 1 is 1.12 bits per heavy atom. The molecule has 0 radical (unpaired) electrons. The smallest absolute Gasteiger partial charge is 0.276 e. The van der Waals surface area contributed by atoms with Gasteiger partial charge in [0.05, 0.1) is 0 Å². The summed E-state index contributed by atoms with van der Waals surface area (Å²) in [4.78, 5) is 49.3. The van der Waals surface area contributed by atoms with Crippen molar-refractivity contribution in [3.63, 3.8) is 0 Å². The minimum Gasteiger partial charge on any atom is -0.336 e. The highest BCUT2D eigenvalue weighted by atomic mass is 16.2. The number of carbonyl (C=O) groups excluding carboxylic acids is 2. The van der Waals surface area contributed by atoms with Crippen molar-refractivity contribution in [2.24, 2.45) is 17.8 Å². The average molecular weight is 450 g/mol. The number of amides is 2. The molecule has 1 spiro atoms. The molecule has 0 bridgehead atoms. The van der Waals surface area contributed by atoms with Crippen molar-refractivity contribution < 1.29 is 9.59 Å². The second-order valence-corrected chi connectivity index (χ2v) is 10.0. The first-order valence-corrected chi connectivity index (χ1v) is 11.5. The monoisotopic (exact) mass is 449 g/mol. The summed E-state index contributed by atoms with van der Waals surface area (Å²) in [6.07, 6.45) is 4.67. The van der Waals surface area contributed by atoms with Crippen LogP contribution in [0.2, 0.25) is 0 Å². The predicted molar refractivity (Wildman–Crippen MR) is 121 cm³/mol. The Morgan fingerprint density at radius 3 is 2.52 bits per heavy atom. The van der Waals surface area contributed by atoms with Gasteiger partial charge in [-0.3, -0.25) is 19.0 Å². The SMILES string of the molecule is Cc1cc(Nc2cc(NC(=O)C3CC3)ncn2)c(=O)n2c1C(=O)NC21C[C@H]2CN(C)C[C@H]2C1. The largest absolute Gasteiger partial charge is 0.336 e. The standard InChI is InChI=1S/C23H27N7O3/c1-12-5-16(26-17-6-18(25-11-24-17)27-20(31)13-3-4-13)22(33)30-19(12)21(32)28-23(30)7-14-9-29(2)10-15(14)8-23/h5-6,11,13-15H,3-4,7-10H2,1-2H3,(H,28,32)(H2,24,25,26,27,31)/t14-,15+,23?. The fourth-order valence-electron chi connectivity index (χ4n) is 5.93. The molecule has 3 atom stereocenters. The zero-order chi connectivity index (χ0) is 22.9. The van der Waals surface area contributed by atoms with E-state index in [0.29, 0.717) is 34.9 Å². The number of carbonyl (C=O) groups is 2. The molecule has 2 aliphatic carbocycles. The maximum Gasteiger partial charge on any atom is 0.276 e. The summed E-state index contributed by atoms with van der Waals surface area (Å²) < 4.78 is 1.68. The van der Waals surface area contributed by atoms with E-state index in [4.69, 9.17) is 0 Å². The van der Waals surface area contributed by atoms with E-state index in [0.717, 1.165) is 44.3 Å². The van der Waals surface area contributed by atoms with Gasteiger partial charge in [-0.1, -0.05) is 0 Å². The van der Waals surface area contributed by atoms with E-state index in [1.165, 1.54) is 6.33 Å². The molecule has 2 aromatic rings. The Kier molecular flexibility index (Phi) is 4.39. The lowest BCUT2D eigenvalue weighted by molar-refractivity contribution is -0.117. The molecule has 4 aliphatic rings. The number of nitrogens with one attached hydrogen (secondary N) is 3. The van der Waals surface area contributed by atoms with E-state index in [1.807, 2.05) is 6.92 Å². The average Bonchev–Trinajstić information content (AvgIpc) is 3.41. The van der Waals surface area contributed by atoms with Gasteiger partial charge >= 0.3 is 0 Å². The van der Waals surface area contributed by atoms with E-state index in [-0.39, 0.29) is 23.3 Å². The Hall–Kier alpha value is -3.27. The molecule has 10 nitrogen and oxygen atoms in total. The zero-order valence-corrected chi connectivity index (χ0v) is 18.7. The molecule has 2 aliphatic heterocycles. The van der Waals surface area contributed by atoms with Crippen molar-refractivity contribution in [1.29, 1.82) is 0 Å². The van der Waals surface area contributed by atoms with Gasteiger partial charge in [0.2, 0.25) is 5.91 Å². The quantitative estimate of drug-likeness (QED) is 0.645. The van der Waals surface area contributed by atoms with Crippen LogP contribution in [0.5, 0.6) is 0 Å². The van der Waals surface area contributed by atoms with Crippen LogP contribution >= 0.6 is 0 Å². The van der Waals surface area contributed by atoms with Crippen molar-refractivity contribution in [3.05, 3.63) is 40.1 Å². The molecule has 10 heteroatoms. The summed E-state index contributed by atoms with van der Waals surface area (Å²) in [5.74, 6) is 1.56. The van der Waals surface area contributed by atoms with Crippen LogP contribution in [0.15, 0.2) is 23.3 Å². The van der Waals surface area contributed by atoms with Crippen LogP contribution in [-0.2, 0) is 10.5 Å². The molecule has 3 N–H and O–H groups in total. The van der Waals surface area contributed by atoms with Gasteiger partial charge < -0.3 is 20.9 Å². The zero-order valence-electron chi connectivity index (χ0n) is 18.7. The highest BCUT2D eigenvalue weighted by Crippen LogP contribution is 2.48. The van der Waals surface area contributed by atoms with Gasteiger partial charge in [0.1, 0.15) is 35.0 Å². The number of aromatic nitrogens is 3. The van der Waals surface area contributed by atoms with E-state index in [1.54, 1.807) is 16.7 Å². The van der Waals surface area contributed by atoms with Gasteiger partial charge in [-0.2, -0.15) is 0 Å². The molecule has 1 unspecified atom stereocenters. The molecule has 1 saturated heterocycles. The summed E-state index contributed by atoms with van der Waals surface area (Å²) >= 11 is 0. The fourth-order valence-corrected chi connectivity index (χ4v) is 5.93. The van der Waals surface area contributed by atoms with Crippen molar-refractivity contribution >= 4 is 29.1 Å². The lowest BCUT2D eigenvalue weighted by Gasteiger charge is -2.29. The number of rotatable bonds is 4. The lowest BCUT2D eigenvalue weighted by atomic mass is 10.0. The van der Waals surface area contributed by atoms with Crippen LogP contribution in [0.4, 0.5) is 17.3 Å². The second kappa shape index (κ2) is 7.11. The van der Waals surface area contributed by atoms with Crippen molar-refractivity contribution in [2.45, 2.75) is 38.3 Å². The first-order valence-electron chi connectivity index (χ1n) is 11.5. The Morgan fingerprint density at radius 2 is 1.82 bits per heavy atom. The Bertz CT molecular complexity index is 1220. The van der Waals surface area contributed by atoms with Crippen LogP contribution in [0.3, 0.4) is 0 Å². The highest BCUT2D eigenvalue weighted by molar-refractivity contribution is 5.97. The van der Waals surface area contributed by atoms with Crippen LogP contribution < -0.4 is 21.5 Å². The number of nitrogens with zero attached hydrogens (tertiary/aromatic N) is 4. The molecule has 0 aromatic carbocycles. The van der Waals surface area contributed by atoms with E-state index >= 15 is 0 Å². The van der Waals surface area contributed by atoms with Crippen LogP contribution in [0.25, 0.3) is 0 Å². The number of fused-ring (bicyclic) bond motifs is 3. The number of likely N-dealkylation sites (tertiary alicyclic amines) is 1. The van der Waals surface area contributed by atoms with E-state index in [2.05, 4.69) is 37.9 Å². The summed E-state index contributed by atoms with van der Waals surface area (Å²) in [6, 6.07) is 3.31. The third-order valence-corrected chi connectivity index (χ3v) is 7.47. The van der Waals surface area contributed by atoms with Gasteiger partial charge in [-0.15, -0.1) is 0 Å². The molecule has 2 saturated carbocycles.